The fourth-order valence-corrected chi connectivity index (χ4v) is 3.59. The van der Waals surface area contributed by atoms with Gasteiger partial charge in [-0.2, -0.15) is 0 Å². The lowest BCUT2D eigenvalue weighted by molar-refractivity contribution is 0.0962. The summed E-state index contributed by atoms with van der Waals surface area (Å²) >= 11 is 0. The summed E-state index contributed by atoms with van der Waals surface area (Å²) in [6.07, 6.45) is 8.71. The Hall–Kier alpha value is -3.48. The second-order valence-electron chi connectivity index (χ2n) is 7.24. The highest BCUT2D eigenvalue weighted by atomic mass is 19.1. The molecule has 0 bridgehead atoms. The number of piperidine rings is 1. The molecule has 3 N–H and O–H groups in total. The van der Waals surface area contributed by atoms with Crippen molar-refractivity contribution in [1.82, 2.24) is 15.2 Å². The third kappa shape index (κ3) is 4.99. The minimum atomic E-state index is -0.768. The second kappa shape index (κ2) is 10.0. The Kier molecular flexibility index (Phi) is 7.18. The van der Waals surface area contributed by atoms with E-state index in [4.69, 9.17) is 5.73 Å². The molecule has 2 heterocycles. The number of nitrogens with zero attached hydrogens (tertiary/aromatic N) is 2. The van der Waals surface area contributed by atoms with Crippen LogP contribution >= 0.6 is 0 Å². The minimum Gasteiger partial charge on any atom is -0.397 e. The number of benzene rings is 1. The molecule has 2 aromatic rings. The molecule has 0 spiro atoms. The van der Waals surface area contributed by atoms with Gasteiger partial charge in [-0.1, -0.05) is 18.7 Å². The molecule has 0 aliphatic carbocycles. The number of rotatable bonds is 6. The van der Waals surface area contributed by atoms with Crippen molar-refractivity contribution in [3.63, 3.8) is 0 Å². The highest BCUT2D eigenvalue weighted by Gasteiger charge is 2.20. The molecule has 1 saturated heterocycles. The first-order chi connectivity index (χ1) is 15.0. The summed E-state index contributed by atoms with van der Waals surface area (Å²) in [5.41, 5.74) is 7.01. The Balaban J connectivity index is 1.97. The maximum Gasteiger partial charge on any atom is 0.276 e. The van der Waals surface area contributed by atoms with E-state index in [1.165, 1.54) is 24.6 Å². The van der Waals surface area contributed by atoms with Gasteiger partial charge in [0.05, 0.1) is 28.3 Å². The van der Waals surface area contributed by atoms with Crippen LogP contribution in [0, 0.1) is 11.6 Å². The number of hydrogen-bond donors (Lipinski definition) is 2. The lowest BCUT2D eigenvalue weighted by Crippen LogP contribution is -2.33. The third-order valence-electron chi connectivity index (χ3n) is 5.11. The Morgan fingerprint density at radius 1 is 1.16 bits per heavy atom. The van der Waals surface area contributed by atoms with Crippen LogP contribution in [0.25, 0.3) is 11.3 Å². The number of likely N-dealkylation sites (tertiary alicyclic amines) is 1. The van der Waals surface area contributed by atoms with Crippen LogP contribution in [0.3, 0.4) is 0 Å². The summed E-state index contributed by atoms with van der Waals surface area (Å²) in [7, 11) is 0. The molecule has 0 atom stereocenters. The van der Waals surface area contributed by atoms with E-state index in [1.54, 1.807) is 6.08 Å². The van der Waals surface area contributed by atoms with Crippen molar-refractivity contribution >= 4 is 11.6 Å². The first kappa shape index (κ1) is 22.2. The first-order valence-corrected chi connectivity index (χ1v) is 10.2. The van der Waals surface area contributed by atoms with Crippen LogP contribution in [0.15, 0.2) is 66.5 Å². The normalized spacial score (nSPS) is 15.0. The van der Waals surface area contributed by atoms with Crippen molar-refractivity contribution in [2.75, 3.05) is 18.8 Å². The van der Waals surface area contributed by atoms with Crippen molar-refractivity contribution in [2.45, 2.75) is 26.2 Å². The maximum atomic E-state index is 14.2. The predicted octanol–water partition coefficient (Wildman–Crippen LogP) is 4.80. The molecule has 1 aromatic carbocycles. The highest BCUT2D eigenvalue weighted by molar-refractivity contribution is 5.99. The van der Waals surface area contributed by atoms with Gasteiger partial charge in [0.2, 0.25) is 0 Å². The summed E-state index contributed by atoms with van der Waals surface area (Å²) in [4.78, 5) is 19.4. The van der Waals surface area contributed by atoms with Crippen molar-refractivity contribution < 1.29 is 13.6 Å². The van der Waals surface area contributed by atoms with Crippen molar-refractivity contribution in [3.8, 4) is 11.3 Å². The number of pyridine rings is 1. The molecular weight excluding hydrogens is 398 g/mol. The predicted molar refractivity (Wildman–Crippen MR) is 119 cm³/mol. The van der Waals surface area contributed by atoms with Crippen LogP contribution in [0.4, 0.5) is 14.5 Å². The molecule has 0 unspecified atom stereocenters. The van der Waals surface area contributed by atoms with Crippen LogP contribution in [0.2, 0.25) is 0 Å². The van der Waals surface area contributed by atoms with Gasteiger partial charge in [0.25, 0.3) is 5.91 Å². The molecule has 1 aliphatic rings. The van der Waals surface area contributed by atoms with Crippen molar-refractivity contribution in [3.05, 3.63) is 83.9 Å². The number of halogens is 2. The molecule has 1 fully saturated rings. The number of amides is 1. The Morgan fingerprint density at radius 3 is 2.45 bits per heavy atom. The number of carbonyl (C=O) groups excluding carboxylic acids is 1. The summed E-state index contributed by atoms with van der Waals surface area (Å²) < 4.78 is 28.4. The number of carbonyl (C=O) groups is 1. The molecule has 31 heavy (non-hydrogen) atoms. The molecule has 0 radical (unpaired) electrons. The number of anilines is 1. The van der Waals surface area contributed by atoms with Crippen molar-refractivity contribution in [2.24, 2.45) is 0 Å². The minimum absolute atomic E-state index is 0.0104. The average Bonchev–Trinajstić information content (AvgIpc) is 2.77. The van der Waals surface area contributed by atoms with Crippen LogP contribution in [-0.2, 0) is 0 Å². The van der Waals surface area contributed by atoms with Gasteiger partial charge < -0.3 is 16.0 Å². The van der Waals surface area contributed by atoms with Gasteiger partial charge in [0, 0.05) is 13.1 Å². The molecule has 1 amide bonds. The summed E-state index contributed by atoms with van der Waals surface area (Å²) in [5, 5.41) is 2.81. The molecule has 3 rings (SSSR count). The number of nitrogen functional groups attached to an aromatic ring is 1. The van der Waals surface area contributed by atoms with Gasteiger partial charge >= 0.3 is 0 Å². The van der Waals surface area contributed by atoms with Gasteiger partial charge in [-0.05, 0) is 62.6 Å². The van der Waals surface area contributed by atoms with Gasteiger partial charge in [0.1, 0.15) is 11.6 Å². The van der Waals surface area contributed by atoms with Crippen LogP contribution in [-0.4, -0.2) is 28.9 Å². The summed E-state index contributed by atoms with van der Waals surface area (Å²) in [6.45, 7) is 7.50. The topological polar surface area (TPSA) is 71.2 Å². The number of allylic oxidation sites excluding steroid dienone is 3. The quantitative estimate of drug-likeness (QED) is 0.654. The third-order valence-corrected chi connectivity index (χ3v) is 5.11. The van der Waals surface area contributed by atoms with E-state index in [0.29, 0.717) is 5.70 Å². The van der Waals surface area contributed by atoms with Gasteiger partial charge in [0.15, 0.2) is 5.69 Å². The molecule has 1 aromatic heterocycles. The standard InChI is InChI=1S/C24H26F2N4O/c1-3-9-21(30-14-6-5-7-15-30)19(4-2)29-24(31)23-18(27)12-13-20(28-23)22-16(25)10-8-11-17(22)26/h3-4,8-13H,2,5-7,14-15,27H2,1H3,(H,29,31)/b9-3-,21-19-. The second-order valence-corrected chi connectivity index (χ2v) is 7.24. The molecule has 162 valence electrons. The van der Waals surface area contributed by atoms with Gasteiger partial charge in [-0.25, -0.2) is 13.8 Å². The van der Waals surface area contributed by atoms with Crippen molar-refractivity contribution in [1.29, 1.82) is 0 Å². The Morgan fingerprint density at radius 2 is 1.84 bits per heavy atom. The number of hydrogen-bond acceptors (Lipinski definition) is 4. The zero-order chi connectivity index (χ0) is 22.4. The summed E-state index contributed by atoms with van der Waals surface area (Å²) in [6, 6.07) is 6.34. The largest absolute Gasteiger partial charge is 0.397 e. The molecule has 1 aliphatic heterocycles. The number of nitrogens with one attached hydrogen (secondary N) is 1. The van der Waals surface area contributed by atoms with E-state index in [9.17, 15) is 13.6 Å². The molecule has 0 saturated carbocycles. The van der Waals surface area contributed by atoms with E-state index >= 15 is 0 Å². The van der Waals surface area contributed by atoms with E-state index in [-0.39, 0.29) is 22.6 Å². The average molecular weight is 424 g/mol. The smallest absolute Gasteiger partial charge is 0.276 e. The fraction of sp³-hybridized carbons (Fsp3) is 0.250. The van der Waals surface area contributed by atoms with E-state index in [1.807, 2.05) is 19.1 Å². The molecule has 7 heteroatoms. The highest BCUT2D eigenvalue weighted by Crippen LogP contribution is 2.26. The monoisotopic (exact) mass is 424 g/mol. The Labute approximate surface area is 181 Å². The van der Waals surface area contributed by atoms with E-state index in [2.05, 4.69) is 21.8 Å². The first-order valence-electron chi connectivity index (χ1n) is 10.2. The fourth-order valence-electron chi connectivity index (χ4n) is 3.59. The SMILES string of the molecule is C=C/C(NC(=O)c1nc(-c2c(F)cccc2F)ccc1N)=C(\C=C/C)N1CCCCC1. The van der Waals surface area contributed by atoms with Crippen LogP contribution < -0.4 is 11.1 Å². The number of nitrogens with two attached hydrogens (primary N) is 1. The zero-order valence-electron chi connectivity index (χ0n) is 17.5. The lowest BCUT2D eigenvalue weighted by atomic mass is 10.1. The Bertz CT molecular complexity index is 1020. The molecule has 5 nitrogen and oxygen atoms in total. The maximum absolute atomic E-state index is 14.2. The number of aromatic nitrogens is 1. The van der Waals surface area contributed by atoms with Gasteiger partial charge in [-0.15, -0.1) is 0 Å². The van der Waals surface area contributed by atoms with Crippen LogP contribution in [0.1, 0.15) is 36.7 Å². The molecular formula is C24H26F2N4O. The summed E-state index contributed by atoms with van der Waals surface area (Å²) in [5.74, 6) is -2.11. The van der Waals surface area contributed by atoms with Crippen LogP contribution in [0.5, 0.6) is 0 Å². The van der Waals surface area contributed by atoms with E-state index < -0.39 is 17.5 Å². The van der Waals surface area contributed by atoms with E-state index in [0.717, 1.165) is 43.8 Å². The zero-order valence-corrected chi connectivity index (χ0v) is 17.5. The lowest BCUT2D eigenvalue weighted by Gasteiger charge is -2.31. The van der Waals surface area contributed by atoms with Gasteiger partial charge in [-0.3, -0.25) is 4.79 Å².